The van der Waals surface area contributed by atoms with Crippen molar-refractivity contribution in [3.8, 4) is 11.5 Å². The number of nitro benzene ring substituents is 1. The largest absolute Gasteiger partial charge is 0.508 e. The van der Waals surface area contributed by atoms with Gasteiger partial charge in [-0.15, -0.1) is 0 Å². The van der Waals surface area contributed by atoms with Crippen molar-refractivity contribution in [3.63, 3.8) is 0 Å². The second-order valence-electron chi connectivity index (χ2n) is 8.96. The molecule has 3 aromatic carbocycles. The molecule has 0 aliphatic heterocycles. The van der Waals surface area contributed by atoms with E-state index in [0.717, 1.165) is 40.2 Å². The third kappa shape index (κ3) is 7.74. The Balaban J connectivity index is 1.91. The summed E-state index contributed by atoms with van der Waals surface area (Å²) in [5.74, 6) is -1.51. The van der Waals surface area contributed by atoms with E-state index in [0.29, 0.717) is 0 Å². The van der Waals surface area contributed by atoms with Gasteiger partial charge < -0.3 is 25.7 Å². The number of phenols is 2. The Morgan fingerprint density at radius 3 is 2.21 bits per heavy atom. The lowest BCUT2D eigenvalue weighted by atomic mass is 10.00. The van der Waals surface area contributed by atoms with Crippen molar-refractivity contribution >= 4 is 21.6 Å². The maximum atomic E-state index is 13.4. The highest BCUT2D eigenvalue weighted by molar-refractivity contribution is 7.89. The summed E-state index contributed by atoms with van der Waals surface area (Å²) in [5.41, 5.74) is 0.244. The van der Waals surface area contributed by atoms with Gasteiger partial charge in [-0.1, -0.05) is 30.3 Å². The second-order valence-corrected chi connectivity index (χ2v) is 10.9. The predicted molar refractivity (Wildman–Crippen MR) is 141 cm³/mol. The summed E-state index contributed by atoms with van der Waals surface area (Å²) in [6, 6.07) is 15.3. The van der Waals surface area contributed by atoms with Gasteiger partial charge in [0.05, 0.1) is 33.6 Å². The van der Waals surface area contributed by atoms with Crippen LogP contribution >= 0.6 is 0 Å². The topological polar surface area (TPSA) is 191 Å². The van der Waals surface area contributed by atoms with E-state index in [1.165, 1.54) is 19.1 Å². The summed E-state index contributed by atoms with van der Waals surface area (Å²) in [6.07, 6.45) is -2.52. The molecule has 0 saturated carbocycles. The minimum atomic E-state index is -4.32. The molecule has 208 valence electrons. The standard InChI is InChI=1S/C26H29N3O9S/c1-17(30)15-28(39(37,38)21-10-7-19(8-11-21)29(35)36)16-25(33)23(13-18-5-3-2-4-6-18)27-26(34)22-12-9-20(31)14-24(22)32/h2-12,14,17,23,25,30-33H,13,15-16H2,1H3,(H,27,34)/t17-,23-,25+/m0/s1. The highest BCUT2D eigenvalue weighted by Gasteiger charge is 2.32. The molecular weight excluding hydrogens is 530 g/mol. The van der Waals surface area contributed by atoms with Crippen LogP contribution in [0, 0.1) is 10.1 Å². The molecule has 0 saturated heterocycles. The van der Waals surface area contributed by atoms with Crippen molar-refractivity contribution in [3.05, 3.63) is 94.0 Å². The molecule has 0 radical (unpaired) electrons. The Morgan fingerprint density at radius 2 is 1.64 bits per heavy atom. The number of carbonyl (C=O) groups excluding carboxylic acids is 1. The Hall–Kier alpha value is -4.04. The van der Waals surface area contributed by atoms with E-state index in [1.807, 2.05) is 0 Å². The van der Waals surface area contributed by atoms with E-state index >= 15 is 0 Å². The summed E-state index contributed by atoms with van der Waals surface area (Å²) in [5, 5.41) is 54.4. The number of benzene rings is 3. The van der Waals surface area contributed by atoms with Crippen LogP contribution in [-0.4, -0.2) is 75.3 Å². The van der Waals surface area contributed by atoms with Gasteiger partial charge in [-0.3, -0.25) is 14.9 Å². The molecule has 5 N–H and O–H groups in total. The average Bonchev–Trinajstić information content (AvgIpc) is 2.88. The van der Waals surface area contributed by atoms with Gasteiger partial charge in [0.15, 0.2) is 0 Å². The van der Waals surface area contributed by atoms with Crippen molar-refractivity contribution in [2.75, 3.05) is 13.1 Å². The number of nitrogens with one attached hydrogen (secondary N) is 1. The number of amides is 1. The molecule has 3 atom stereocenters. The van der Waals surface area contributed by atoms with Gasteiger partial charge in [0.2, 0.25) is 10.0 Å². The zero-order chi connectivity index (χ0) is 28.7. The molecule has 13 heteroatoms. The number of hydrogen-bond donors (Lipinski definition) is 5. The molecule has 0 heterocycles. The summed E-state index contributed by atoms with van der Waals surface area (Å²) in [4.78, 5) is 23.0. The highest BCUT2D eigenvalue weighted by atomic mass is 32.2. The van der Waals surface area contributed by atoms with Crippen LogP contribution in [0.2, 0.25) is 0 Å². The Kier molecular flexibility index (Phi) is 9.59. The minimum absolute atomic E-state index is 0.0900. The molecule has 0 unspecified atom stereocenters. The van der Waals surface area contributed by atoms with Crippen LogP contribution < -0.4 is 5.32 Å². The summed E-state index contributed by atoms with van der Waals surface area (Å²) in [6.45, 7) is 0.423. The lowest BCUT2D eigenvalue weighted by Gasteiger charge is -2.30. The molecule has 3 aromatic rings. The quantitative estimate of drug-likeness (QED) is 0.163. The van der Waals surface area contributed by atoms with E-state index in [9.17, 15) is 43.8 Å². The fourth-order valence-electron chi connectivity index (χ4n) is 3.90. The molecule has 0 aromatic heterocycles. The van der Waals surface area contributed by atoms with E-state index in [4.69, 9.17) is 0 Å². The van der Waals surface area contributed by atoms with Gasteiger partial charge >= 0.3 is 0 Å². The Bertz CT molecular complexity index is 1400. The van der Waals surface area contributed by atoms with Gasteiger partial charge in [-0.25, -0.2) is 8.42 Å². The van der Waals surface area contributed by atoms with Crippen molar-refractivity contribution in [2.24, 2.45) is 0 Å². The number of rotatable bonds is 12. The maximum absolute atomic E-state index is 13.4. The first-order valence-electron chi connectivity index (χ1n) is 11.9. The number of aliphatic hydroxyl groups excluding tert-OH is 2. The van der Waals surface area contributed by atoms with Crippen LogP contribution in [0.1, 0.15) is 22.8 Å². The van der Waals surface area contributed by atoms with Crippen LogP contribution in [0.15, 0.2) is 77.7 Å². The van der Waals surface area contributed by atoms with Crippen molar-refractivity contribution in [1.82, 2.24) is 9.62 Å². The number of phenolic OH excluding ortho intramolecular Hbond substituents is 2. The first kappa shape index (κ1) is 29.5. The monoisotopic (exact) mass is 559 g/mol. The molecular formula is C26H29N3O9S. The van der Waals surface area contributed by atoms with E-state index in [1.54, 1.807) is 30.3 Å². The van der Waals surface area contributed by atoms with E-state index in [2.05, 4.69) is 5.32 Å². The molecule has 0 bridgehead atoms. The molecule has 0 spiro atoms. The molecule has 12 nitrogen and oxygen atoms in total. The van der Waals surface area contributed by atoms with Crippen molar-refractivity contribution < 1.29 is 38.6 Å². The highest BCUT2D eigenvalue weighted by Crippen LogP contribution is 2.24. The Labute approximate surface area is 225 Å². The maximum Gasteiger partial charge on any atom is 0.269 e. The molecule has 3 rings (SSSR count). The number of non-ortho nitro benzene ring substituents is 1. The van der Waals surface area contributed by atoms with Gasteiger partial charge in [-0.2, -0.15) is 4.31 Å². The fraction of sp³-hybridized carbons (Fsp3) is 0.269. The smallest absolute Gasteiger partial charge is 0.269 e. The number of aliphatic hydroxyl groups is 2. The first-order chi connectivity index (χ1) is 18.4. The molecule has 0 aliphatic carbocycles. The number of carbonyl (C=O) groups is 1. The van der Waals surface area contributed by atoms with Crippen molar-refractivity contribution in [2.45, 2.75) is 36.5 Å². The summed E-state index contributed by atoms with van der Waals surface area (Å²) in [7, 11) is -4.32. The second kappa shape index (κ2) is 12.7. The average molecular weight is 560 g/mol. The minimum Gasteiger partial charge on any atom is -0.508 e. The van der Waals surface area contributed by atoms with Crippen LogP contribution in [0.4, 0.5) is 5.69 Å². The summed E-state index contributed by atoms with van der Waals surface area (Å²) < 4.78 is 27.6. The van der Waals surface area contributed by atoms with Crippen LogP contribution in [0.5, 0.6) is 11.5 Å². The van der Waals surface area contributed by atoms with E-state index in [-0.39, 0.29) is 28.3 Å². The molecule has 0 aliphatic rings. The fourth-order valence-corrected chi connectivity index (χ4v) is 5.44. The van der Waals surface area contributed by atoms with Gasteiger partial charge in [0.25, 0.3) is 11.6 Å². The van der Waals surface area contributed by atoms with Crippen molar-refractivity contribution in [1.29, 1.82) is 0 Å². The molecule has 39 heavy (non-hydrogen) atoms. The lowest BCUT2D eigenvalue weighted by Crippen LogP contribution is -2.51. The molecule has 1 amide bonds. The van der Waals surface area contributed by atoms with E-state index < -0.39 is 57.9 Å². The van der Waals surface area contributed by atoms with Gasteiger partial charge in [-0.05, 0) is 43.2 Å². The first-order valence-corrected chi connectivity index (χ1v) is 13.3. The zero-order valence-corrected chi connectivity index (χ0v) is 21.7. The number of sulfonamides is 1. The summed E-state index contributed by atoms with van der Waals surface area (Å²) >= 11 is 0. The van der Waals surface area contributed by atoms with Crippen LogP contribution in [-0.2, 0) is 16.4 Å². The van der Waals surface area contributed by atoms with Crippen LogP contribution in [0.3, 0.4) is 0 Å². The van der Waals surface area contributed by atoms with Gasteiger partial charge in [0.1, 0.15) is 11.5 Å². The van der Waals surface area contributed by atoms with Gasteiger partial charge in [0, 0.05) is 31.3 Å². The third-order valence-corrected chi connectivity index (χ3v) is 7.70. The Morgan fingerprint density at radius 1 is 1.00 bits per heavy atom. The number of hydrogen-bond acceptors (Lipinski definition) is 9. The third-order valence-electron chi connectivity index (χ3n) is 5.85. The lowest BCUT2D eigenvalue weighted by molar-refractivity contribution is -0.384. The van der Waals surface area contributed by atoms with Crippen LogP contribution in [0.25, 0.3) is 0 Å². The number of nitro groups is 1. The SMILES string of the molecule is C[C@H](O)CN(C[C@@H](O)[C@H](Cc1ccccc1)NC(=O)c1ccc(O)cc1O)S(=O)(=O)c1ccc([N+](=O)[O-])cc1. The normalized spacial score (nSPS) is 13.9. The zero-order valence-electron chi connectivity index (χ0n) is 20.9. The predicted octanol–water partition coefficient (Wildman–Crippen LogP) is 1.78. The number of aromatic hydroxyl groups is 2. The molecule has 0 fully saturated rings. The number of nitrogens with zero attached hydrogens (tertiary/aromatic N) is 2.